The van der Waals surface area contributed by atoms with E-state index in [4.69, 9.17) is 4.74 Å². The number of non-ortho nitro benzene ring substituents is 1. The molecule has 7 heteroatoms. The van der Waals surface area contributed by atoms with E-state index in [-0.39, 0.29) is 12.2 Å². The molecule has 0 spiro atoms. The minimum atomic E-state index is -0.796. The molecule has 0 bridgehead atoms. The summed E-state index contributed by atoms with van der Waals surface area (Å²) >= 11 is 0. The number of hydrogen-bond donors (Lipinski definition) is 0. The number of nitro benzene ring substituents is 1. The molecule has 0 radical (unpaired) electrons. The number of carbonyl (C=O) groups is 2. The highest BCUT2D eigenvalue weighted by molar-refractivity contribution is 6.08. The van der Waals surface area contributed by atoms with Gasteiger partial charge in [-0.25, -0.2) is 0 Å². The smallest absolute Gasteiger partial charge is 0.270 e. The highest BCUT2D eigenvalue weighted by Crippen LogP contribution is 2.26. The molecule has 2 aromatic carbocycles. The first kappa shape index (κ1) is 15.7. The molecule has 0 aliphatic carbocycles. The van der Waals surface area contributed by atoms with Gasteiger partial charge in [0.25, 0.3) is 17.5 Å². The zero-order chi connectivity index (χ0) is 17.3. The van der Waals surface area contributed by atoms with Gasteiger partial charge >= 0.3 is 0 Å². The van der Waals surface area contributed by atoms with Gasteiger partial charge in [-0.15, -0.1) is 0 Å². The van der Waals surface area contributed by atoms with Crippen molar-refractivity contribution in [1.82, 2.24) is 4.90 Å². The maximum Gasteiger partial charge on any atom is 0.270 e. The van der Waals surface area contributed by atoms with Crippen molar-refractivity contribution in [2.24, 2.45) is 0 Å². The van der Waals surface area contributed by atoms with E-state index in [2.05, 4.69) is 0 Å². The molecule has 24 heavy (non-hydrogen) atoms. The van der Waals surface area contributed by atoms with Crippen molar-refractivity contribution in [3.05, 3.63) is 69.8 Å². The molecule has 0 aromatic heterocycles. The Hall–Kier alpha value is -3.22. The predicted octanol–water partition coefficient (Wildman–Crippen LogP) is 2.54. The Morgan fingerprint density at radius 2 is 1.79 bits per heavy atom. The molecule has 1 heterocycles. The second-order valence-corrected chi connectivity index (χ2v) is 5.41. The van der Waals surface area contributed by atoms with Crippen molar-refractivity contribution in [3.8, 4) is 5.75 Å². The minimum Gasteiger partial charge on any atom is -0.480 e. The number of para-hydroxylation sites is 1. The molecule has 0 saturated heterocycles. The molecule has 1 aliphatic rings. The van der Waals surface area contributed by atoms with Gasteiger partial charge in [-0.1, -0.05) is 24.3 Å². The molecule has 3 rings (SSSR count). The molecule has 0 saturated carbocycles. The topological polar surface area (TPSA) is 89.8 Å². The normalized spacial score (nSPS) is 17.0. The summed E-state index contributed by atoms with van der Waals surface area (Å²) in [5.74, 6) is -0.526. The van der Waals surface area contributed by atoms with Crippen LogP contribution in [0.3, 0.4) is 0 Å². The van der Waals surface area contributed by atoms with Gasteiger partial charge in [0, 0.05) is 12.1 Å². The number of nitrogens with zero attached hydrogens (tertiary/aromatic N) is 2. The minimum absolute atomic E-state index is 0.0255. The zero-order valence-corrected chi connectivity index (χ0v) is 12.8. The van der Waals surface area contributed by atoms with Gasteiger partial charge in [0.2, 0.25) is 0 Å². The molecule has 122 valence electrons. The van der Waals surface area contributed by atoms with Crippen LogP contribution in [0.5, 0.6) is 5.75 Å². The summed E-state index contributed by atoms with van der Waals surface area (Å²) in [4.78, 5) is 36.5. The highest BCUT2D eigenvalue weighted by Gasteiger charge is 2.33. The fourth-order valence-electron chi connectivity index (χ4n) is 2.51. The standard InChI is InChI=1S/C17H14N2O5/c1-11-16(20)18(10-12-6-8-13(9-7-12)19(22)23)17(21)14-4-2-3-5-15(14)24-11/h2-9,11H,10H2,1H3. The van der Waals surface area contributed by atoms with Crippen molar-refractivity contribution in [2.45, 2.75) is 19.6 Å². The van der Waals surface area contributed by atoms with E-state index in [0.717, 1.165) is 4.90 Å². The maximum atomic E-state index is 12.7. The fraction of sp³-hybridized carbons (Fsp3) is 0.176. The third-order valence-electron chi connectivity index (χ3n) is 3.77. The van der Waals surface area contributed by atoms with Gasteiger partial charge in [-0.2, -0.15) is 0 Å². The number of carbonyl (C=O) groups excluding carboxylic acids is 2. The molecule has 2 aromatic rings. The maximum absolute atomic E-state index is 12.7. The lowest BCUT2D eigenvalue weighted by molar-refractivity contribution is -0.384. The lowest BCUT2D eigenvalue weighted by Gasteiger charge is -2.20. The first-order chi connectivity index (χ1) is 11.5. The Morgan fingerprint density at radius 3 is 2.46 bits per heavy atom. The van der Waals surface area contributed by atoms with E-state index >= 15 is 0 Å². The lowest BCUT2D eigenvalue weighted by Crippen LogP contribution is -2.41. The van der Waals surface area contributed by atoms with E-state index in [1.54, 1.807) is 31.2 Å². The average molecular weight is 326 g/mol. The Bertz CT molecular complexity index is 816. The quantitative estimate of drug-likeness (QED) is 0.491. The summed E-state index contributed by atoms with van der Waals surface area (Å²) in [5.41, 5.74) is 0.889. The van der Waals surface area contributed by atoms with Crippen LogP contribution in [0.4, 0.5) is 5.69 Å². The molecule has 2 amide bonds. The van der Waals surface area contributed by atoms with E-state index in [9.17, 15) is 19.7 Å². The van der Waals surface area contributed by atoms with Gasteiger partial charge in [0.15, 0.2) is 6.10 Å². The van der Waals surface area contributed by atoms with Crippen LogP contribution in [-0.4, -0.2) is 27.7 Å². The first-order valence-electron chi connectivity index (χ1n) is 7.32. The third kappa shape index (κ3) is 2.83. The van der Waals surface area contributed by atoms with Crippen molar-refractivity contribution in [2.75, 3.05) is 0 Å². The van der Waals surface area contributed by atoms with Crippen molar-refractivity contribution < 1.29 is 19.2 Å². The largest absolute Gasteiger partial charge is 0.480 e. The molecular weight excluding hydrogens is 312 g/mol. The molecule has 7 nitrogen and oxygen atoms in total. The Kier molecular flexibility index (Phi) is 3.99. The Labute approximate surface area is 137 Å². The van der Waals surface area contributed by atoms with Gasteiger partial charge in [0.1, 0.15) is 5.75 Å². The van der Waals surface area contributed by atoms with Crippen LogP contribution in [0.2, 0.25) is 0 Å². The van der Waals surface area contributed by atoms with Crippen LogP contribution in [0, 0.1) is 10.1 Å². The monoisotopic (exact) mass is 326 g/mol. The van der Waals surface area contributed by atoms with E-state index in [1.807, 2.05) is 0 Å². The van der Waals surface area contributed by atoms with Gasteiger partial charge in [0.05, 0.1) is 17.0 Å². The lowest BCUT2D eigenvalue weighted by atomic mass is 10.1. The SMILES string of the molecule is CC1Oc2ccccc2C(=O)N(Cc2ccc([N+](=O)[O-])cc2)C1=O. The molecule has 1 unspecified atom stereocenters. The number of imide groups is 1. The van der Waals surface area contributed by atoms with E-state index in [1.165, 1.54) is 24.3 Å². The van der Waals surface area contributed by atoms with Crippen LogP contribution in [0.1, 0.15) is 22.8 Å². The van der Waals surface area contributed by atoms with Crippen LogP contribution in [0.15, 0.2) is 48.5 Å². The number of amides is 2. The number of benzene rings is 2. The van der Waals surface area contributed by atoms with E-state index in [0.29, 0.717) is 16.9 Å². The Balaban J connectivity index is 1.92. The third-order valence-corrected chi connectivity index (χ3v) is 3.77. The van der Waals surface area contributed by atoms with Crippen molar-refractivity contribution in [1.29, 1.82) is 0 Å². The number of nitro groups is 1. The summed E-state index contributed by atoms with van der Waals surface area (Å²) in [6, 6.07) is 12.4. The summed E-state index contributed by atoms with van der Waals surface area (Å²) in [7, 11) is 0. The number of fused-ring (bicyclic) bond motifs is 1. The first-order valence-corrected chi connectivity index (χ1v) is 7.32. The molecule has 0 fully saturated rings. The number of hydrogen-bond acceptors (Lipinski definition) is 5. The number of ether oxygens (including phenoxy) is 1. The zero-order valence-electron chi connectivity index (χ0n) is 12.8. The molecule has 0 N–H and O–H groups in total. The van der Waals surface area contributed by atoms with Gasteiger partial charge in [-0.05, 0) is 24.6 Å². The summed E-state index contributed by atoms with van der Waals surface area (Å²) in [6.45, 7) is 1.61. The van der Waals surface area contributed by atoms with E-state index < -0.39 is 22.8 Å². The second kappa shape index (κ2) is 6.11. The number of rotatable bonds is 3. The van der Waals surface area contributed by atoms with Crippen LogP contribution in [-0.2, 0) is 11.3 Å². The molecule has 1 aliphatic heterocycles. The second-order valence-electron chi connectivity index (χ2n) is 5.41. The van der Waals surface area contributed by atoms with Crippen molar-refractivity contribution >= 4 is 17.5 Å². The predicted molar refractivity (Wildman–Crippen MR) is 84.5 cm³/mol. The fourth-order valence-corrected chi connectivity index (χ4v) is 2.51. The highest BCUT2D eigenvalue weighted by atomic mass is 16.6. The van der Waals surface area contributed by atoms with Crippen molar-refractivity contribution in [3.63, 3.8) is 0 Å². The van der Waals surface area contributed by atoms with Gasteiger partial charge < -0.3 is 4.74 Å². The van der Waals surface area contributed by atoms with Crippen LogP contribution in [0.25, 0.3) is 0 Å². The Morgan fingerprint density at radius 1 is 1.12 bits per heavy atom. The average Bonchev–Trinajstić information content (AvgIpc) is 2.66. The van der Waals surface area contributed by atoms with Crippen LogP contribution >= 0.6 is 0 Å². The summed E-state index contributed by atoms with van der Waals surface area (Å²) in [5, 5.41) is 10.7. The molecule has 1 atom stereocenters. The summed E-state index contributed by atoms with van der Waals surface area (Å²) in [6.07, 6.45) is -0.796. The van der Waals surface area contributed by atoms with Gasteiger partial charge in [-0.3, -0.25) is 24.6 Å². The molecular formula is C17H14N2O5. The van der Waals surface area contributed by atoms with Crippen LogP contribution < -0.4 is 4.74 Å². The summed E-state index contributed by atoms with van der Waals surface area (Å²) < 4.78 is 5.56.